The molecule has 0 aromatic heterocycles. The van der Waals surface area contributed by atoms with Crippen molar-refractivity contribution in [1.29, 1.82) is 0 Å². The third kappa shape index (κ3) is 5.23. The van der Waals surface area contributed by atoms with Crippen LogP contribution >= 0.6 is 0 Å². The van der Waals surface area contributed by atoms with Gasteiger partial charge in [0, 0.05) is 24.3 Å². The van der Waals surface area contributed by atoms with E-state index in [4.69, 9.17) is 4.74 Å². The van der Waals surface area contributed by atoms with Gasteiger partial charge in [-0.05, 0) is 62.2 Å². The minimum Gasteiger partial charge on any atom is -0.373 e. The third-order valence-corrected chi connectivity index (χ3v) is 6.74. The van der Waals surface area contributed by atoms with Crippen molar-refractivity contribution < 1.29 is 17.9 Å². The summed E-state index contributed by atoms with van der Waals surface area (Å²) in [5.74, 6) is -0.272. The molecule has 0 spiro atoms. The number of morpholine rings is 1. The van der Waals surface area contributed by atoms with Crippen LogP contribution in [0.2, 0.25) is 0 Å². The highest BCUT2D eigenvalue weighted by atomic mass is 32.2. The molecule has 29 heavy (non-hydrogen) atoms. The highest BCUT2D eigenvalue weighted by molar-refractivity contribution is 7.89. The Balaban J connectivity index is 1.69. The van der Waals surface area contributed by atoms with E-state index in [-0.39, 0.29) is 23.0 Å². The first kappa shape index (κ1) is 21.5. The lowest BCUT2D eigenvalue weighted by molar-refractivity contribution is -0.0440. The average molecular weight is 417 g/mol. The van der Waals surface area contributed by atoms with E-state index in [1.54, 1.807) is 12.1 Å². The molecule has 1 aliphatic heterocycles. The Morgan fingerprint density at radius 1 is 1.03 bits per heavy atom. The summed E-state index contributed by atoms with van der Waals surface area (Å²) in [5, 5.41) is 2.85. The van der Waals surface area contributed by atoms with Gasteiger partial charge in [-0.15, -0.1) is 0 Å². The molecule has 6 nitrogen and oxygen atoms in total. The molecule has 2 aromatic carbocycles. The zero-order valence-corrected chi connectivity index (χ0v) is 17.9. The fourth-order valence-electron chi connectivity index (χ4n) is 3.50. The van der Waals surface area contributed by atoms with Crippen molar-refractivity contribution in [1.82, 2.24) is 4.31 Å². The number of hydrogen-bond acceptors (Lipinski definition) is 4. The fourth-order valence-corrected chi connectivity index (χ4v) is 5.09. The minimum absolute atomic E-state index is 0.151. The lowest BCUT2D eigenvalue weighted by Crippen LogP contribution is -2.48. The average Bonchev–Trinajstić information content (AvgIpc) is 2.69. The monoisotopic (exact) mass is 416 g/mol. The van der Waals surface area contributed by atoms with Crippen molar-refractivity contribution in [3.8, 4) is 0 Å². The van der Waals surface area contributed by atoms with Crippen LogP contribution in [0.15, 0.2) is 53.4 Å². The van der Waals surface area contributed by atoms with Crippen LogP contribution in [-0.2, 0) is 21.2 Å². The molecule has 1 saturated heterocycles. The Labute approximate surface area is 172 Å². The largest absolute Gasteiger partial charge is 0.373 e. The summed E-state index contributed by atoms with van der Waals surface area (Å²) in [6.45, 7) is 6.49. The van der Waals surface area contributed by atoms with Crippen molar-refractivity contribution in [3.63, 3.8) is 0 Å². The number of sulfonamides is 1. The number of rotatable bonds is 6. The molecule has 1 heterocycles. The molecule has 2 atom stereocenters. The Kier molecular flexibility index (Phi) is 6.72. The van der Waals surface area contributed by atoms with Crippen LogP contribution in [0.1, 0.15) is 43.1 Å². The first-order valence-corrected chi connectivity index (χ1v) is 11.4. The van der Waals surface area contributed by atoms with E-state index < -0.39 is 10.0 Å². The first-order valence-electron chi connectivity index (χ1n) is 9.95. The number of aryl methyl sites for hydroxylation is 1. The van der Waals surface area contributed by atoms with Gasteiger partial charge in [-0.2, -0.15) is 4.31 Å². The van der Waals surface area contributed by atoms with Crippen LogP contribution in [0.25, 0.3) is 0 Å². The number of ether oxygens (including phenoxy) is 1. The van der Waals surface area contributed by atoms with Gasteiger partial charge in [0.25, 0.3) is 5.91 Å². The predicted octanol–water partition coefficient (Wildman–Crippen LogP) is 3.69. The van der Waals surface area contributed by atoms with E-state index in [0.717, 1.165) is 12.8 Å². The van der Waals surface area contributed by atoms with Crippen LogP contribution in [-0.4, -0.2) is 43.9 Å². The van der Waals surface area contributed by atoms with E-state index in [0.29, 0.717) is 24.3 Å². The number of amides is 1. The third-order valence-electron chi connectivity index (χ3n) is 4.89. The minimum atomic E-state index is -3.62. The number of nitrogens with zero attached hydrogens (tertiary/aromatic N) is 1. The standard InChI is InChI=1S/C22H28N2O4S/c1-4-5-18-6-10-20(11-7-18)23-22(25)19-8-12-21(13-9-19)29(26,27)24-14-16(2)28-17(3)15-24/h6-13,16-17H,4-5,14-15H2,1-3H3,(H,23,25)/t16-,17-/m0/s1. The van der Waals surface area contributed by atoms with Crippen molar-refractivity contribution in [2.45, 2.75) is 50.7 Å². The molecule has 3 rings (SSSR count). The van der Waals surface area contributed by atoms with E-state index in [2.05, 4.69) is 12.2 Å². The van der Waals surface area contributed by atoms with E-state index in [1.807, 2.05) is 38.1 Å². The highest BCUT2D eigenvalue weighted by Gasteiger charge is 2.32. The Morgan fingerprint density at radius 3 is 2.17 bits per heavy atom. The van der Waals surface area contributed by atoms with E-state index >= 15 is 0 Å². The summed E-state index contributed by atoms with van der Waals surface area (Å²) in [4.78, 5) is 12.7. The van der Waals surface area contributed by atoms with Gasteiger partial charge in [-0.1, -0.05) is 25.5 Å². The predicted molar refractivity (Wildman–Crippen MR) is 114 cm³/mol. The van der Waals surface area contributed by atoms with Gasteiger partial charge in [0.2, 0.25) is 10.0 Å². The van der Waals surface area contributed by atoms with E-state index in [1.165, 1.54) is 22.0 Å². The second kappa shape index (κ2) is 9.07. The molecule has 0 saturated carbocycles. The zero-order valence-electron chi connectivity index (χ0n) is 17.1. The van der Waals surface area contributed by atoms with Gasteiger partial charge >= 0.3 is 0 Å². The molecule has 2 aromatic rings. The summed E-state index contributed by atoms with van der Waals surface area (Å²) in [5.41, 5.74) is 2.35. The SMILES string of the molecule is CCCc1ccc(NC(=O)c2ccc(S(=O)(=O)N3C[C@H](C)O[C@@H](C)C3)cc2)cc1. The summed E-state index contributed by atoms with van der Waals surface area (Å²) in [6.07, 6.45) is 1.78. The van der Waals surface area contributed by atoms with Crippen LogP contribution in [0.4, 0.5) is 5.69 Å². The molecule has 156 valence electrons. The number of hydrogen-bond donors (Lipinski definition) is 1. The lowest BCUT2D eigenvalue weighted by Gasteiger charge is -2.34. The fraction of sp³-hybridized carbons (Fsp3) is 0.409. The van der Waals surface area contributed by atoms with Crippen molar-refractivity contribution in [2.75, 3.05) is 18.4 Å². The molecule has 0 bridgehead atoms. The molecule has 1 N–H and O–H groups in total. The maximum absolute atomic E-state index is 12.9. The molecule has 0 unspecified atom stereocenters. The molecular weight excluding hydrogens is 388 g/mol. The van der Waals surface area contributed by atoms with Crippen molar-refractivity contribution in [3.05, 3.63) is 59.7 Å². The summed E-state index contributed by atoms with van der Waals surface area (Å²) >= 11 is 0. The molecule has 0 radical (unpaired) electrons. The maximum Gasteiger partial charge on any atom is 0.255 e. The normalized spacial score (nSPS) is 20.4. The topological polar surface area (TPSA) is 75.7 Å². The Morgan fingerprint density at radius 2 is 1.62 bits per heavy atom. The molecule has 1 aliphatic rings. The lowest BCUT2D eigenvalue weighted by atomic mass is 10.1. The summed E-state index contributed by atoms with van der Waals surface area (Å²) in [7, 11) is -3.62. The van der Waals surface area contributed by atoms with Gasteiger partial charge in [0.05, 0.1) is 17.1 Å². The molecule has 0 aliphatic carbocycles. The van der Waals surface area contributed by atoms with Gasteiger partial charge in [-0.25, -0.2) is 8.42 Å². The number of nitrogens with one attached hydrogen (secondary N) is 1. The van der Waals surface area contributed by atoms with Crippen molar-refractivity contribution >= 4 is 21.6 Å². The zero-order chi connectivity index (χ0) is 21.0. The first-order chi connectivity index (χ1) is 13.8. The Hall–Kier alpha value is -2.22. The second-order valence-electron chi connectivity index (χ2n) is 7.50. The van der Waals surface area contributed by atoms with Crippen molar-refractivity contribution in [2.24, 2.45) is 0 Å². The number of carbonyl (C=O) groups is 1. The molecular formula is C22H28N2O4S. The smallest absolute Gasteiger partial charge is 0.255 e. The molecule has 1 fully saturated rings. The number of anilines is 1. The van der Waals surface area contributed by atoms with E-state index in [9.17, 15) is 13.2 Å². The summed E-state index contributed by atoms with van der Waals surface area (Å²) in [6, 6.07) is 13.8. The van der Waals surface area contributed by atoms with Crippen LogP contribution in [0.3, 0.4) is 0 Å². The van der Waals surface area contributed by atoms with Gasteiger partial charge in [0.1, 0.15) is 0 Å². The molecule has 1 amide bonds. The highest BCUT2D eigenvalue weighted by Crippen LogP contribution is 2.22. The van der Waals surface area contributed by atoms with Gasteiger partial charge in [-0.3, -0.25) is 4.79 Å². The van der Waals surface area contributed by atoms with Gasteiger partial charge in [0.15, 0.2) is 0 Å². The van der Waals surface area contributed by atoms with Crippen LogP contribution < -0.4 is 5.32 Å². The van der Waals surface area contributed by atoms with Crippen LogP contribution in [0.5, 0.6) is 0 Å². The van der Waals surface area contributed by atoms with Crippen LogP contribution in [0, 0.1) is 0 Å². The summed E-state index contributed by atoms with van der Waals surface area (Å²) < 4.78 is 32.9. The number of benzene rings is 2. The maximum atomic E-state index is 12.9. The molecule has 7 heteroatoms. The number of carbonyl (C=O) groups excluding carboxylic acids is 1. The Bertz CT molecular complexity index is 930. The van der Waals surface area contributed by atoms with Gasteiger partial charge < -0.3 is 10.1 Å². The quantitative estimate of drug-likeness (QED) is 0.779. The second-order valence-corrected chi connectivity index (χ2v) is 9.44.